The molecule has 28 heavy (non-hydrogen) atoms. The molecule has 1 aromatic carbocycles. The fourth-order valence-corrected chi connectivity index (χ4v) is 3.54. The second kappa shape index (κ2) is 13.1. The zero-order valence-corrected chi connectivity index (χ0v) is 20.1. The van der Waals surface area contributed by atoms with E-state index in [2.05, 4.69) is 20.1 Å². The Morgan fingerprint density at radius 2 is 2.07 bits per heavy atom. The van der Waals surface area contributed by atoms with E-state index in [1.165, 1.54) is 12.8 Å². The van der Waals surface area contributed by atoms with Crippen LogP contribution in [0.3, 0.4) is 0 Å². The number of aliphatic imine (C=N–C) groups is 1. The zero-order valence-electron chi connectivity index (χ0n) is 17.7. The Morgan fingerprint density at radius 1 is 1.29 bits per heavy atom. The van der Waals surface area contributed by atoms with E-state index in [9.17, 15) is 0 Å². The van der Waals surface area contributed by atoms with Crippen LogP contribution in [0.2, 0.25) is 0 Å². The molecular formula is C20H35IN4O3. The van der Waals surface area contributed by atoms with Crippen molar-refractivity contribution in [1.82, 2.24) is 15.1 Å². The van der Waals surface area contributed by atoms with Gasteiger partial charge in [0.1, 0.15) is 11.5 Å². The van der Waals surface area contributed by atoms with E-state index in [0.717, 1.165) is 49.3 Å². The van der Waals surface area contributed by atoms with Gasteiger partial charge in [0, 0.05) is 58.5 Å². The van der Waals surface area contributed by atoms with Crippen molar-refractivity contribution in [2.45, 2.75) is 25.4 Å². The van der Waals surface area contributed by atoms with Gasteiger partial charge in [0.2, 0.25) is 0 Å². The highest BCUT2D eigenvalue weighted by atomic mass is 127. The van der Waals surface area contributed by atoms with E-state index in [4.69, 9.17) is 14.2 Å². The predicted molar refractivity (Wildman–Crippen MR) is 124 cm³/mol. The summed E-state index contributed by atoms with van der Waals surface area (Å²) in [6.07, 6.45) is 2.46. The summed E-state index contributed by atoms with van der Waals surface area (Å²) < 4.78 is 16.0. The van der Waals surface area contributed by atoms with E-state index in [0.29, 0.717) is 12.6 Å². The first-order chi connectivity index (χ1) is 13.1. The molecule has 0 aliphatic carbocycles. The zero-order chi connectivity index (χ0) is 19.6. The maximum Gasteiger partial charge on any atom is 0.193 e. The molecule has 1 fully saturated rings. The summed E-state index contributed by atoms with van der Waals surface area (Å²) >= 11 is 0. The SMILES string of the molecule is CN=C(NCC1CCCN1CCOC)N(C)Cc1ccc(OC)cc1OC.I. The lowest BCUT2D eigenvalue weighted by Crippen LogP contribution is -2.45. The van der Waals surface area contributed by atoms with E-state index in [1.807, 2.05) is 32.3 Å². The molecule has 1 N–H and O–H groups in total. The average molecular weight is 506 g/mol. The average Bonchev–Trinajstić information content (AvgIpc) is 3.14. The lowest BCUT2D eigenvalue weighted by Gasteiger charge is -2.28. The van der Waals surface area contributed by atoms with Crippen molar-refractivity contribution in [3.05, 3.63) is 23.8 Å². The van der Waals surface area contributed by atoms with Crippen molar-refractivity contribution in [2.75, 3.05) is 61.7 Å². The maximum absolute atomic E-state index is 5.51. The number of methoxy groups -OCH3 is 3. The number of nitrogens with one attached hydrogen (secondary N) is 1. The predicted octanol–water partition coefficient (Wildman–Crippen LogP) is 2.44. The number of likely N-dealkylation sites (tertiary alicyclic amines) is 1. The largest absolute Gasteiger partial charge is 0.497 e. The Kier molecular flexibility index (Phi) is 11.6. The molecular weight excluding hydrogens is 471 g/mol. The minimum atomic E-state index is 0. The lowest BCUT2D eigenvalue weighted by atomic mass is 10.2. The molecule has 1 aliphatic heterocycles. The van der Waals surface area contributed by atoms with E-state index < -0.39 is 0 Å². The number of rotatable bonds is 9. The Bertz CT molecular complexity index is 615. The summed E-state index contributed by atoms with van der Waals surface area (Å²) in [5, 5.41) is 3.53. The van der Waals surface area contributed by atoms with Crippen molar-refractivity contribution in [2.24, 2.45) is 4.99 Å². The molecule has 0 spiro atoms. The lowest BCUT2D eigenvalue weighted by molar-refractivity contribution is 0.141. The number of halogens is 1. The Morgan fingerprint density at radius 3 is 2.71 bits per heavy atom. The van der Waals surface area contributed by atoms with Crippen LogP contribution in [0.1, 0.15) is 18.4 Å². The van der Waals surface area contributed by atoms with Crippen LogP contribution in [0, 0.1) is 0 Å². The van der Waals surface area contributed by atoms with Gasteiger partial charge in [-0.2, -0.15) is 0 Å². The quantitative estimate of drug-likeness (QED) is 0.316. The maximum atomic E-state index is 5.51. The Balaban J connectivity index is 0.00000392. The number of hydrogen-bond donors (Lipinski definition) is 1. The van der Waals surface area contributed by atoms with Crippen LogP contribution < -0.4 is 14.8 Å². The molecule has 0 aromatic heterocycles. The molecule has 0 radical (unpaired) electrons. The first-order valence-corrected chi connectivity index (χ1v) is 9.48. The van der Waals surface area contributed by atoms with Crippen molar-refractivity contribution in [3.8, 4) is 11.5 Å². The van der Waals surface area contributed by atoms with E-state index >= 15 is 0 Å². The molecule has 8 heteroatoms. The molecule has 1 unspecified atom stereocenters. The minimum Gasteiger partial charge on any atom is -0.497 e. The summed E-state index contributed by atoms with van der Waals surface area (Å²) in [6.45, 7) is 4.50. The van der Waals surface area contributed by atoms with Crippen LogP contribution in [0.4, 0.5) is 0 Å². The van der Waals surface area contributed by atoms with Crippen molar-refractivity contribution < 1.29 is 14.2 Å². The van der Waals surface area contributed by atoms with E-state index in [1.54, 1.807) is 21.3 Å². The third-order valence-corrected chi connectivity index (χ3v) is 5.05. The van der Waals surface area contributed by atoms with Gasteiger partial charge in [-0.25, -0.2) is 0 Å². The molecule has 0 amide bonds. The van der Waals surface area contributed by atoms with Crippen molar-refractivity contribution >= 4 is 29.9 Å². The van der Waals surface area contributed by atoms with Crippen molar-refractivity contribution in [1.29, 1.82) is 0 Å². The van der Waals surface area contributed by atoms with Gasteiger partial charge in [-0.15, -0.1) is 24.0 Å². The van der Waals surface area contributed by atoms with Crippen LogP contribution in [0.15, 0.2) is 23.2 Å². The standard InChI is InChI=1S/C20H34N4O3.HI/c1-21-20(22-14-17-7-6-10-24(17)11-12-25-3)23(2)15-16-8-9-18(26-4)13-19(16)27-5;/h8-9,13,17H,6-7,10-12,14-15H2,1-5H3,(H,21,22);1H. The van der Waals surface area contributed by atoms with Gasteiger partial charge in [0.25, 0.3) is 0 Å². The normalized spacial score (nSPS) is 17.2. The molecule has 0 saturated carbocycles. The Labute approximate surface area is 186 Å². The van der Waals surface area contributed by atoms with Crippen molar-refractivity contribution in [3.63, 3.8) is 0 Å². The van der Waals surface area contributed by atoms with Crippen LogP contribution in [-0.2, 0) is 11.3 Å². The third kappa shape index (κ3) is 6.97. The molecule has 1 saturated heterocycles. The van der Waals surface area contributed by atoms with E-state index in [-0.39, 0.29) is 24.0 Å². The van der Waals surface area contributed by atoms with Gasteiger partial charge in [0.15, 0.2) is 5.96 Å². The fourth-order valence-electron chi connectivity index (χ4n) is 3.54. The fraction of sp³-hybridized carbons (Fsp3) is 0.650. The number of ether oxygens (including phenoxy) is 3. The van der Waals surface area contributed by atoms with Crippen LogP contribution >= 0.6 is 24.0 Å². The molecule has 2 rings (SSSR count). The van der Waals surface area contributed by atoms with Crippen LogP contribution in [0.25, 0.3) is 0 Å². The van der Waals surface area contributed by atoms with Crippen LogP contribution in [-0.4, -0.2) is 83.5 Å². The molecule has 0 bridgehead atoms. The monoisotopic (exact) mass is 506 g/mol. The number of guanidine groups is 1. The highest BCUT2D eigenvalue weighted by Gasteiger charge is 2.24. The summed E-state index contributed by atoms with van der Waals surface area (Å²) in [7, 11) is 8.96. The number of benzene rings is 1. The van der Waals surface area contributed by atoms with Gasteiger partial charge in [-0.05, 0) is 31.5 Å². The molecule has 1 atom stereocenters. The first-order valence-electron chi connectivity index (χ1n) is 9.48. The van der Waals surface area contributed by atoms with Gasteiger partial charge < -0.3 is 24.4 Å². The summed E-state index contributed by atoms with van der Waals surface area (Å²) in [5.41, 5.74) is 1.09. The summed E-state index contributed by atoms with van der Waals surface area (Å²) in [5.74, 6) is 2.49. The van der Waals surface area contributed by atoms with Crippen LogP contribution in [0.5, 0.6) is 11.5 Å². The topological polar surface area (TPSA) is 58.6 Å². The smallest absolute Gasteiger partial charge is 0.193 e. The van der Waals surface area contributed by atoms with Gasteiger partial charge in [-0.1, -0.05) is 0 Å². The molecule has 1 aromatic rings. The molecule has 1 aliphatic rings. The highest BCUT2D eigenvalue weighted by molar-refractivity contribution is 14.0. The Hall–Kier alpha value is -1.26. The summed E-state index contributed by atoms with van der Waals surface area (Å²) in [6, 6.07) is 6.42. The molecule has 7 nitrogen and oxygen atoms in total. The van der Waals surface area contributed by atoms with Gasteiger partial charge >= 0.3 is 0 Å². The number of nitrogens with zero attached hydrogens (tertiary/aromatic N) is 3. The molecule has 1 heterocycles. The van der Waals surface area contributed by atoms with Gasteiger partial charge in [0.05, 0.1) is 20.8 Å². The highest BCUT2D eigenvalue weighted by Crippen LogP contribution is 2.25. The minimum absolute atomic E-state index is 0. The second-order valence-electron chi connectivity index (χ2n) is 6.79. The summed E-state index contributed by atoms with van der Waals surface area (Å²) in [4.78, 5) is 9.05. The second-order valence-corrected chi connectivity index (χ2v) is 6.79. The first kappa shape index (κ1) is 24.8. The van der Waals surface area contributed by atoms with Gasteiger partial charge in [-0.3, -0.25) is 9.89 Å². The number of hydrogen-bond acceptors (Lipinski definition) is 5. The molecule has 160 valence electrons. The third-order valence-electron chi connectivity index (χ3n) is 5.05.